The molecular formula is C21H28N4O3. The van der Waals surface area contributed by atoms with E-state index in [2.05, 4.69) is 20.5 Å². The molecule has 4 rings (SSSR count). The molecule has 1 aromatic carbocycles. The Morgan fingerprint density at radius 3 is 2.89 bits per heavy atom. The van der Waals surface area contributed by atoms with Crippen LogP contribution in [0.1, 0.15) is 12.0 Å². The molecule has 2 fully saturated rings. The average Bonchev–Trinajstić information content (AvgIpc) is 3.26. The molecule has 0 saturated carbocycles. The Bertz CT molecular complexity index is 816. The maximum absolute atomic E-state index is 12.6. The number of amides is 2. The van der Waals surface area contributed by atoms with E-state index in [1.165, 1.54) is 0 Å². The van der Waals surface area contributed by atoms with Gasteiger partial charge in [0, 0.05) is 49.8 Å². The maximum atomic E-state index is 12.6. The lowest BCUT2D eigenvalue weighted by molar-refractivity contribution is 0.00222. The van der Waals surface area contributed by atoms with E-state index in [-0.39, 0.29) is 12.1 Å². The third kappa shape index (κ3) is 4.27. The van der Waals surface area contributed by atoms with Crippen molar-refractivity contribution in [2.75, 3.05) is 51.4 Å². The molecule has 2 N–H and O–H groups in total. The Kier molecular flexibility index (Phi) is 6.04. The van der Waals surface area contributed by atoms with Crippen LogP contribution in [0.4, 0.5) is 10.5 Å². The second-order valence-corrected chi connectivity index (χ2v) is 7.50. The van der Waals surface area contributed by atoms with E-state index >= 15 is 0 Å². The molecule has 2 amide bonds. The molecular weight excluding hydrogens is 356 g/mol. The Hall–Kier alpha value is -2.22. The predicted octanol–water partition coefficient (Wildman–Crippen LogP) is 2.40. The number of urea groups is 1. The van der Waals surface area contributed by atoms with Gasteiger partial charge in [0.1, 0.15) is 0 Å². The van der Waals surface area contributed by atoms with Crippen LogP contribution < -0.4 is 10.6 Å². The molecule has 0 bridgehead atoms. The molecule has 0 aliphatic carbocycles. The van der Waals surface area contributed by atoms with Crippen LogP contribution >= 0.6 is 0 Å². The molecule has 0 radical (unpaired) electrons. The highest BCUT2D eigenvalue weighted by molar-refractivity contribution is 6.01. The molecule has 7 heteroatoms. The second-order valence-electron chi connectivity index (χ2n) is 7.50. The molecule has 2 saturated heterocycles. The van der Waals surface area contributed by atoms with E-state index in [1.807, 2.05) is 31.2 Å². The zero-order valence-electron chi connectivity index (χ0n) is 16.3. The van der Waals surface area contributed by atoms with Crippen LogP contribution in [0.25, 0.3) is 10.9 Å². The zero-order chi connectivity index (χ0) is 19.3. The Morgan fingerprint density at radius 1 is 1.25 bits per heavy atom. The van der Waals surface area contributed by atoms with Crippen molar-refractivity contribution < 1.29 is 14.3 Å². The first kappa shape index (κ1) is 19.1. The van der Waals surface area contributed by atoms with E-state index in [9.17, 15) is 4.79 Å². The fourth-order valence-corrected chi connectivity index (χ4v) is 4.15. The number of fused-ring (bicyclic) bond motifs is 1. The number of anilines is 1. The number of nitrogens with one attached hydrogen (secondary N) is 2. The molecule has 1 aromatic heterocycles. The summed E-state index contributed by atoms with van der Waals surface area (Å²) in [6.07, 6.45) is 2.81. The number of nitrogens with zero attached hydrogens (tertiary/aromatic N) is 2. The zero-order valence-corrected chi connectivity index (χ0v) is 16.3. The molecule has 2 aromatic rings. The van der Waals surface area contributed by atoms with E-state index < -0.39 is 0 Å². The fourth-order valence-electron chi connectivity index (χ4n) is 4.15. The number of ether oxygens (including phenoxy) is 2. The highest BCUT2D eigenvalue weighted by atomic mass is 16.5. The number of rotatable bonds is 5. The molecule has 7 nitrogen and oxygen atoms in total. The summed E-state index contributed by atoms with van der Waals surface area (Å²) < 4.78 is 11.1. The summed E-state index contributed by atoms with van der Waals surface area (Å²) in [5.41, 5.74) is 2.78. The van der Waals surface area contributed by atoms with Gasteiger partial charge in [-0.05, 0) is 37.1 Å². The van der Waals surface area contributed by atoms with Crippen molar-refractivity contribution in [3.63, 3.8) is 0 Å². The van der Waals surface area contributed by atoms with Crippen LogP contribution in [0.3, 0.4) is 0 Å². The number of hydrogen-bond acceptors (Lipinski definition) is 5. The Balaban J connectivity index is 1.42. The smallest absolute Gasteiger partial charge is 0.319 e. The monoisotopic (exact) mass is 384 g/mol. The normalized spacial score (nSPS) is 21.5. The topological polar surface area (TPSA) is 75.7 Å². The molecule has 28 heavy (non-hydrogen) atoms. The second kappa shape index (κ2) is 8.86. The van der Waals surface area contributed by atoms with Crippen LogP contribution in [0.5, 0.6) is 0 Å². The van der Waals surface area contributed by atoms with Crippen LogP contribution in [-0.4, -0.2) is 68.0 Å². The standard InChI is InChI=1S/C21H28N4O3/c1-15-4-5-18(17-3-2-7-22-20(15)17)24-21(26)23-13-19(16-6-10-28-14-16)25-8-11-27-12-9-25/h2-5,7,16,19H,6,8-14H2,1H3,(H2,23,24,26)/t16-,19+/m0/s1. The van der Waals surface area contributed by atoms with Gasteiger partial charge in [-0.2, -0.15) is 0 Å². The average molecular weight is 384 g/mol. The van der Waals surface area contributed by atoms with Crippen molar-refractivity contribution in [3.05, 3.63) is 36.0 Å². The summed E-state index contributed by atoms with van der Waals surface area (Å²) in [7, 11) is 0. The summed E-state index contributed by atoms with van der Waals surface area (Å²) in [5, 5.41) is 7.02. The Morgan fingerprint density at radius 2 is 2.11 bits per heavy atom. The minimum Gasteiger partial charge on any atom is -0.381 e. The van der Waals surface area contributed by atoms with Gasteiger partial charge < -0.3 is 20.1 Å². The lowest BCUT2D eigenvalue weighted by Crippen LogP contribution is -2.52. The number of benzene rings is 1. The van der Waals surface area contributed by atoms with Crippen LogP contribution in [0.15, 0.2) is 30.5 Å². The number of carbonyl (C=O) groups excluding carboxylic acids is 1. The van der Waals surface area contributed by atoms with Crippen molar-refractivity contribution >= 4 is 22.6 Å². The van der Waals surface area contributed by atoms with Gasteiger partial charge in [0.2, 0.25) is 0 Å². The van der Waals surface area contributed by atoms with Gasteiger partial charge in [0.15, 0.2) is 0 Å². The first-order valence-electron chi connectivity index (χ1n) is 10.0. The molecule has 2 aliphatic rings. The van der Waals surface area contributed by atoms with Crippen molar-refractivity contribution in [2.24, 2.45) is 5.92 Å². The summed E-state index contributed by atoms with van der Waals surface area (Å²) >= 11 is 0. The molecule has 0 unspecified atom stereocenters. The number of pyridine rings is 1. The maximum Gasteiger partial charge on any atom is 0.319 e. The number of hydrogen-bond donors (Lipinski definition) is 2. The van der Waals surface area contributed by atoms with Crippen molar-refractivity contribution in [2.45, 2.75) is 19.4 Å². The number of carbonyl (C=O) groups is 1. The Labute approximate surface area is 165 Å². The highest BCUT2D eigenvalue weighted by Gasteiger charge is 2.31. The third-order valence-corrected chi connectivity index (χ3v) is 5.72. The van der Waals surface area contributed by atoms with E-state index in [0.29, 0.717) is 12.5 Å². The van der Waals surface area contributed by atoms with E-state index in [1.54, 1.807) is 6.20 Å². The molecule has 2 atom stereocenters. The number of aromatic nitrogens is 1. The van der Waals surface area contributed by atoms with Gasteiger partial charge in [0.25, 0.3) is 0 Å². The van der Waals surface area contributed by atoms with Crippen LogP contribution in [0, 0.1) is 12.8 Å². The van der Waals surface area contributed by atoms with Crippen LogP contribution in [-0.2, 0) is 9.47 Å². The minimum absolute atomic E-state index is 0.189. The SMILES string of the molecule is Cc1ccc(NC(=O)NC[C@H]([C@H]2CCOC2)N2CCOCC2)c2cccnc12. The van der Waals surface area contributed by atoms with Crippen molar-refractivity contribution in [1.82, 2.24) is 15.2 Å². The fraction of sp³-hybridized carbons (Fsp3) is 0.524. The van der Waals surface area contributed by atoms with Gasteiger partial charge >= 0.3 is 6.03 Å². The van der Waals surface area contributed by atoms with Gasteiger partial charge in [0.05, 0.1) is 31.0 Å². The third-order valence-electron chi connectivity index (χ3n) is 5.72. The molecule has 150 valence electrons. The number of morpholine rings is 1. The molecule has 0 spiro atoms. The van der Waals surface area contributed by atoms with Crippen molar-refractivity contribution in [1.29, 1.82) is 0 Å². The summed E-state index contributed by atoms with van der Waals surface area (Å²) in [4.78, 5) is 19.5. The first-order chi connectivity index (χ1) is 13.7. The largest absolute Gasteiger partial charge is 0.381 e. The highest BCUT2D eigenvalue weighted by Crippen LogP contribution is 2.25. The predicted molar refractivity (Wildman–Crippen MR) is 109 cm³/mol. The number of aryl methyl sites for hydroxylation is 1. The lowest BCUT2D eigenvalue weighted by Gasteiger charge is -2.37. The first-order valence-corrected chi connectivity index (χ1v) is 10.0. The quantitative estimate of drug-likeness (QED) is 0.828. The molecule has 2 aliphatic heterocycles. The van der Waals surface area contributed by atoms with Crippen molar-refractivity contribution in [3.8, 4) is 0 Å². The van der Waals surface area contributed by atoms with Gasteiger partial charge in [-0.25, -0.2) is 4.79 Å². The summed E-state index contributed by atoms with van der Waals surface area (Å²) in [6, 6.07) is 7.87. The van der Waals surface area contributed by atoms with Crippen LogP contribution in [0.2, 0.25) is 0 Å². The van der Waals surface area contributed by atoms with E-state index in [0.717, 1.165) is 68.1 Å². The van der Waals surface area contributed by atoms with E-state index in [4.69, 9.17) is 9.47 Å². The summed E-state index contributed by atoms with van der Waals surface area (Å²) in [6.45, 7) is 7.49. The van der Waals surface area contributed by atoms with Gasteiger partial charge in [-0.1, -0.05) is 6.07 Å². The summed E-state index contributed by atoms with van der Waals surface area (Å²) in [5.74, 6) is 0.447. The van der Waals surface area contributed by atoms with Gasteiger partial charge in [-0.15, -0.1) is 0 Å². The minimum atomic E-state index is -0.189. The lowest BCUT2D eigenvalue weighted by atomic mass is 9.97. The van der Waals surface area contributed by atoms with Gasteiger partial charge in [-0.3, -0.25) is 9.88 Å². The molecule has 3 heterocycles.